The smallest absolute Gasteiger partial charge is 0.219 e. The molecule has 1 aliphatic rings. The van der Waals surface area contributed by atoms with Crippen LogP contribution in [-0.2, 0) is 4.79 Å². The first-order chi connectivity index (χ1) is 13.2. The molecule has 0 atom stereocenters. The number of benzene rings is 1. The summed E-state index contributed by atoms with van der Waals surface area (Å²) < 4.78 is 5.71. The molecule has 6 nitrogen and oxygen atoms in total. The molecule has 1 saturated heterocycles. The van der Waals surface area contributed by atoms with Crippen molar-refractivity contribution in [3.63, 3.8) is 0 Å². The second-order valence-corrected chi connectivity index (χ2v) is 6.38. The highest BCUT2D eigenvalue weighted by molar-refractivity contribution is 7.83. The fourth-order valence-electron chi connectivity index (χ4n) is 2.85. The van der Waals surface area contributed by atoms with E-state index >= 15 is 0 Å². The zero-order chi connectivity index (χ0) is 19.5. The minimum absolute atomic E-state index is 0.527. The molecule has 1 aromatic carbocycles. The van der Waals surface area contributed by atoms with Gasteiger partial charge in [0.2, 0.25) is 6.41 Å². The van der Waals surface area contributed by atoms with Crippen LogP contribution in [0.4, 0.5) is 5.69 Å². The van der Waals surface area contributed by atoms with E-state index in [2.05, 4.69) is 22.8 Å². The molecular formula is C20H28N4O2S. The lowest BCUT2D eigenvalue weighted by molar-refractivity contribution is -0.106. The van der Waals surface area contributed by atoms with Crippen LogP contribution in [0.15, 0.2) is 52.5 Å². The minimum atomic E-state index is 0.527. The Morgan fingerprint density at radius 1 is 1.37 bits per heavy atom. The average Bonchev–Trinajstić information content (AvgIpc) is 2.69. The zero-order valence-electron chi connectivity index (χ0n) is 16.0. The molecule has 0 unspecified atom stereocenters. The first-order valence-electron chi connectivity index (χ1n) is 9.14. The summed E-state index contributed by atoms with van der Waals surface area (Å²) in [5, 5.41) is 4.99. The predicted octanol–water partition coefficient (Wildman–Crippen LogP) is 2.70. The van der Waals surface area contributed by atoms with Gasteiger partial charge >= 0.3 is 0 Å². The van der Waals surface area contributed by atoms with Crippen LogP contribution in [0, 0.1) is 0 Å². The van der Waals surface area contributed by atoms with Crippen molar-refractivity contribution in [3.8, 4) is 5.75 Å². The Labute approximate surface area is 167 Å². The molecule has 1 fully saturated rings. The van der Waals surface area contributed by atoms with E-state index in [-0.39, 0.29) is 0 Å². The van der Waals surface area contributed by atoms with Gasteiger partial charge in [0.15, 0.2) is 0 Å². The summed E-state index contributed by atoms with van der Waals surface area (Å²) in [6, 6.07) is 7.53. The number of nitrogens with one attached hydrogen (secondary N) is 1. The summed E-state index contributed by atoms with van der Waals surface area (Å²) >= 11 is 4.07. The van der Waals surface area contributed by atoms with Gasteiger partial charge in [-0.15, -0.1) is 0 Å². The third-order valence-corrected chi connectivity index (χ3v) is 4.28. The monoisotopic (exact) mass is 388 g/mol. The van der Waals surface area contributed by atoms with Crippen LogP contribution in [0.2, 0.25) is 0 Å². The van der Waals surface area contributed by atoms with Crippen molar-refractivity contribution in [3.05, 3.63) is 47.5 Å². The van der Waals surface area contributed by atoms with Crippen LogP contribution >= 0.6 is 12.6 Å². The van der Waals surface area contributed by atoms with Crippen LogP contribution < -0.4 is 15.0 Å². The number of carbonyl (C=O) groups excluding carboxylic acids is 1. The Morgan fingerprint density at radius 3 is 2.78 bits per heavy atom. The Balaban J connectivity index is 2.39. The summed E-state index contributed by atoms with van der Waals surface area (Å²) in [6.45, 7) is 8.63. The van der Waals surface area contributed by atoms with E-state index in [1.54, 1.807) is 10.3 Å². The maximum Gasteiger partial charge on any atom is 0.219 e. The highest BCUT2D eigenvalue weighted by atomic mass is 32.1. The Morgan fingerprint density at radius 2 is 2.11 bits per heavy atom. The maximum absolute atomic E-state index is 12.1. The molecule has 2 rings (SSSR count). The number of hydrogen-bond donors (Lipinski definition) is 2. The van der Waals surface area contributed by atoms with Gasteiger partial charge in [-0.2, -0.15) is 12.6 Å². The van der Waals surface area contributed by atoms with Gasteiger partial charge in [-0.05, 0) is 37.5 Å². The lowest BCUT2D eigenvalue weighted by Gasteiger charge is -2.30. The number of piperazine rings is 1. The molecule has 0 bridgehead atoms. The Hall–Kier alpha value is -2.09. The maximum atomic E-state index is 12.1. The van der Waals surface area contributed by atoms with Crippen molar-refractivity contribution in [1.82, 2.24) is 10.2 Å². The summed E-state index contributed by atoms with van der Waals surface area (Å²) in [7, 11) is 0. The molecule has 0 aromatic heterocycles. The van der Waals surface area contributed by atoms with Gasteiger partial charge in [0, 0.05) is 31.9 Å². The fourth-order valence-corrected chi connectivity index (χ4v) is 2.93. The first-order valence-corrected chi connectivity index (χ1v) is 9.65. The van der Waals surface area contributed by atoms with Crippen LogP contribution in [0.1, 0.15) is 13.8 Å². The molecule has 1 aliphatic heterocycles. The second kappa shape index (κ2) is 11.6. The molecular weight excluding hydrogens is 360 g/mol. The third kappa shape index (κ3) is 6.53. The molecule has 0 saturated carbocycles. The molecule has 27 heavy (non-hydrogen) atoms. The van der Waals surface area contributed by atoms with Crippen molar-refractivity contribution in [2.45, 2.75) is 13.8 Å². The number of carbonyl (C=O) groups is 1. The van der Waals surface area contributed by atoms with E-state index in [9.17, 15) is 4.79 Å². The van der Waals surface area contributed by atoms with E-state index < -0.39 is 0 Å². The molecule has 1 N–H and O–H groups in total. The van der Waals surface area contributed by atoms with Crippen LogP contribution in [0.25, 0.3) is 0 Å². The predicted molar refractivity (Wildman–Crippen MR) is 115 cm³/mol. The highest BCUT2D eigenvalue weighted by Gasteiger charge is 2.21. The lowest BCUT2D eigenvalue weighted by atomic mass is 10.2. The second-order valence-electron chi connectivity index (χ2n) is 6.08. The van der Waals surface area contributed by atoms with Crippen molar-refractivity contribution in [2.75, 3.05) is 44.2 Å². The van der Waals surface area contributed by atoms with Gasteiger partial charge in [0.05, 0.1) is 18.8 Å². The summed E-state index contributed by atoms with van der Waals surface area (Å²) in [4.78, 5) is 20.6. The van der Waals surface area contributed by atoms with Gasteiger partial charge < -0.3 is 10.1 Å². The zero-order valence-corrected chi connectivity index (χ0v) is 16.9. The number of amides is 1. The van der Waals surface area contributed by atoms with Gasteiger partial charge in [-0.1, -0.05) is 18.2 Å². The number of anilines is 1. The SMILES string of the molecule is CCOc1ccccc1N(C=O)C(CN1CCNCC1)=N/C(C)=C/C=C\S. The number of thiol groups is 1. The number of para-hydroxylation sites is 2. The highest BCUT2D eigenvalue weighted by Crippen LogP contribution is 2.28. The van der Waals surface area contributed by atoms with Crippen molar-refractivity contribution in [2.24, 2.45) is 4.99 Å². The van der Waals surface area contributed by atoms with Crippen LogP contribution in [-0.4, -0.2) is 56.5 Å². The largest absolute Gasteiger partial charge is 0.492 e. The van der Waals surface area contributed by atoms with Gasteiger partial charge in [-0.25, -0.2) is 4.99 Å². The molecule has 0 radical (unpaired) electrons. The molecule has 146 valence electrons. The molecule has 0 spiro atoms. The first kappa shape index (κ1) is 21.2. The lowest BCUT2D eigenvalue weighted by Crippen LogP contribution is -2.48. The van der Waals surface area contributed by atoms with Crippen molar-refractivity contribution >= 4 is 30.6 Å². The molecule has 7 heteroatoms. The quantitative estimate of drug-likeness (QED) is 0.236. The van der Waals surface area contributed by atoms with Gasteiger partial charge in [0.1, 0.15) is 11.6 Å². The number of allylic oxidation sites excluding steroid dienone is 3. The summed E-state index contributed by atoms with van der Waals surface area (Å²) in [5.74, 6) is 1.33. The van der Waals surface area contributed by atoms with E-state index in [4.69, 9.17) is 9.73 Å². The Kier molecular flexibility index (Phi) is 9.10. The van der Waals surface area contributed by atoms with E-state index in [0.29, 0.717) is 30.4 Å². The van der Waals surface area contributed by atoms with Crippen LogP contribution in [0.5, 0.6) is 5.75 Å². The summed E-state index contributed by atoms with van der Waals surface area (Å²) in [5.41, 5.74) is 1.49. The van der Waals surface area contributed by atoms with Crippen LogP contribution in [0.3, 0.4) is 0 Å². The topological polar surface area (TPSA) is 57.2 Å². The van der Waals surface area contributed by atoms with E-state index in [1.165, 1.54) is 0 Å². The number of rotatable bonds is 8. The number of amidine groups is 1. The van der Waals surface area contributed by atoms with E-state index in [0.717, 1.165) is 38.3 Å². The number of hydrogen-bond acceptors (Lipinski definition) is 6. The molecule has 1 aromatic rings. The molecule has 0 aliphatic carbocycles. The minimum Gasteiger partial charge on any atom is -0.492 e. The van der Waals surface area contributed by atoms with Crippen molar-refractivity contribution in [1.29, 1.82) is 0 Å². The molecule has 1 heterocycles. The number of ether oxygens (including phenoxy) is 1. The number of aliphatic imine (C=N–C) groups is 1. The standard InChI is InChI=1S/C20H28N4O2S/c1-3-26-19-9-5-4-8-18(19)24(16-25)20(22-17(2)7-6-14-27)15-23-12-10-21-11-13-23/h4-9,14,16,21,27H,3,10-13,15H2,1-2H3/b14-6-,17-7+,22-20?. The van der Waals surface area contributed by atoms with Crippen molar-refractivity contribution < 1.29 is 9.53 Å². The van der Waals surface area contributed by atoms with E-state index in [1.807, 2.05) is 50.3 Å². The van der Waals surface area contributed by atoms with Gasteiger partial charge in [0.25, 0.3) is 0 Å². The number of nitrogens with zero attached hydrogens (tertiary/aromatic N) is 3. The summed E-state index contributed by atoms with van der Waals surface area (Å²) in [6.07, 6.45) is 4.48. The third-order valence-electron chi connectivity index (χ3n) is 4.11. The average molecular weight is 389 g/mol. The molecule has 1 amide bonds. The normalized spacial score (nSPS) is 16.6. The fraction of sp³-hybridized carbons (Fsp3) is 0.400. The van der Waals surface area contributed by atoms with Gasteiger partial charge in [-0.3, -0.25) is 14.6 Å². The Bertz CT molecular complexity index is 697.